The number of alkyl halides is 3. The second-order valence-corrected chi connectivity index (χ2v) is 9.29. The van der Waals surface area contributed by atoms with E-state index in [0.29, 0.717) is 5.56 Å². The van der Waals surface area contributed by atoms with Gasteiger partial charge in [0.05, 0.1) is 23.0 Å². The Kier molecular flexibility index (Phi) is 6.24. The van der Waals surface area contributed by atoms with Crippen molar-refractivity contribution < 1.29 is 13.2 Å². The van der Waals surface area contributed by atoms with E-state index in [9.17, 15) is 13.2 Å². The lowest BCUT2D eigenvalue weighted by Gasteiger charge is -2.36. The zero-order valence-electron chi connectivity index (χ0n) is 20.5. The van der Waals surface area contributed by atoms with Crippen LogP contribution in [0.4, 0.5) is 30.2 Å². The lowest BCUT2D eigenvalue weighted by molar-refractivity contribution is -0.138. The van der Waals surface area contributed by atoms with Crippen molar-refractivity contribution in [1.29, 1.82) is 0 Å². The van der Waals surface area contributed by atoms with E-state index in [4.69, 9.17) is 0 Å². The van der Waals surface area contributed by atoms with E-state index < -0.39 is 11.7 Å². The summed E-state index contributed by atoms with van der Waals surface area (Å²) in [6.07, 6.45) is 1.27. The third-order valence-corrected chi connectivity index (χ3v) is 6.95. The Morgan fingerprint density at radius 2 is 1.69 bits per heavy atom. The maximum Gasteiger partial charge on any atom is 0.416 e. The summed E-state index contributed by atoms with van der Waals surface area (Å²) >= 11 is 0. The molecule has 0 saturated carbocycles. The van der Waals surface area contributed by atoms with Gasteiger partial charge < -0.3 is 15.1 Å². The summed E-state index contributed by atoms with van der Waals surface area (Å²) in [6.45, 7) is 6.97. The molecule has 1 atom stereocenters. The number of benzene rings is 2. The highest BCUT2D eigenvalue weighted by Crippen LogP contribution is 2.36. The number of aromatic nitrogens is 3. The standard InChI is InChI=1S/C27H29F3N6/c1-18-22(5-4-6-24(18)27(28,29)30)19(2)33-26-9-10-31-25-8-7-20(15-23(25)26)35-11-13-36(14-12-35)21-16-32-34(3)17-21/h4-10,15-17,19H,11-14H2,1-3H3,(H,31,33)/t19-/m1/s1. The lowest BCUT2D eigenvalue weighted by atomic mass is 9.97. The maximum absolute atomic E-state index is 13.4. The third-order valence-electron chi connectivity index (χ3n) is 6.95. The molecule has 188 valence electrons. The van der Waals surface area contributed by atoms with E-state index in [1.165, 1.54) is 13.0 Å². The van der Waals surface area contributed by atoms with Gasteiger partial charge in [0.2, 0.25) is 0 Å². The Labute approximate surface area is 208 Å². The molecule has 1 N–H and O–H groups in total. The molecule has 1 aliphatic rings. The van der Waals surface area contributed by atoms with Crippen molar-refractivity contribution in [3.05, 3.63) is 77.7 Å². The van der Waals surface area contributed by atoms with Crippen LogP contribution in [0.1, 0.15) is 29.7 Å². The highest BCUT2D eigenvalue weighted by Gasteiger charge is 2.33. The Morgan fingerprint density at radius 1 is 0.972 bits per heavy atom. The maximum atomic E-state index is 13.4. The Bertz CT molecular complexity index is 1370. The summed E-state index contributed by atoms with van der Waals surface area (Å²) < 4.78 is 42.1. The number of halogens is 3. The van der Waals surface area contributed by atoms with E-state index in [1.54, 1.807) is 12.3 Å². The van der Waals surface area contributed by atoms with Gasteiger partial charge in [0, 0.05) is 68.4 Å². The molecule has 0 bridgehead atoms. The monoisotopic (exact) mass is 494 g/mol. The first-order valence-electron chi connectivity index (χ1n) is 12.0. The fourth-order valence-corrected chi connectivity index (χ4v) is 4.99. The van der Waals surface area contributed by atoms with E-state index in [-0.39, 0.29) is 11.6 Å². The average Bonchev–Trinajstić information content (AvgIpc) is 3.29. The molecule has 0 spiro atoms. The number of fused-ring (bicyclic) bond motifs is 1. The van der Waals surface area contributed by atoms with Crippen molar-refractivity contribution >= 4 is 28.0 Å². The molecule has 5 rings (SSSR count). The van der Waals surface area contributed by atoms with Crippen LogP contribution in [-0.4, -0.2) is 40.9 Å². The predicted molar refractivity (Wildman–Crippen MR) is 138 cm³/mol. The average molecular weight is 495 g/mol. The predicted octanol–water partition coefficient (Wildman–Crippen LogP) is 5.80. The van der Waals surface area contributed by atoms with Crippen LogP contribution in [0.3, 0.4) is 0 Å². The number of nitrogens with one attached hydrogen (secondary N) is 1. The van der Waals surface area contributed by atoms with Crippen LogP contribution in [0, 0.1) is 6.92 Å². The molecule has 36 heavy (non-hydrogen) atoms. The minimum absolute atomic E-state index is 0.246. The van der Waals surface area contributed by atoms with E-state index in [1.807, 2.05) is 43.2 Å². The van der Waals surface area contributed by atoms with Crippen LogP contribution in [0.15, 0.2) is 61.1 Å². The lowest BCUT2D eigenvalue weighted by Crippen LogP contribution is -2.46. The fraction of sp³-hybridized carbons (Fsp3) is 0.333. The molecule has 9 heteroatoms. The normalized spacial score (nSPS) is 15.4. The zero-order chi connectivity index (χ0) is 25.4. The quantitative estimate of drug-likeness (QED) is 0.380. The van der Waals surface area contributed by atoms with Gasteiger partial charge in [0.25, 0.3) is 0 Å². The van der Waals surface area contributed by atoms with Crippen LogP contribution >= 0.6 is 0 Å². The topological polar surface area (TPSA) is 49.2 Å². The summed E-state index contributed by atoms with van der Waals surface area (Å²) in [5.41, 5.74) is 4.19. The first-order valence-corrected chi connectivity index (χ1v) is 12.0. The van der Waals surface area contributed by atoms with Gasteiger partial charge in [-0.2, -0.15) is 18.3 Å². The molecule has 4 aromatic rings. The van der Waals surface area contributed by atoms with Gasteiger partial charge in [-0.3, -0.25) is 9.67 Å². The number of rotatable bonds is 5. The number of nitrogens with zero attached hydrogens (tertiary/aromatic N) is 5. The van der Waals surface area contributed by atoms with Crippen molar-refractivity contribution in [2.24, 2.45) is 7.05 Å². The van der Waals surface area contributed by atoms with E-state index in [2.05, 4.69) is 37.3 Å². The number of piperazine rings is 1. The molecule has 0 aliphatic carbocycles. The fourth-order valence-electron chi connectivity index (χ4n) is 4.99. The summed E-state index contributed by atoms with van der Waals surface area (Å²) in [7, 11) is 1.92. The van der Waals surface area contributed by atoms with Crippen molar-refractivity contribution in [3.63, 3.8) is 0 Å². The minimum Gasteiger partial charge on any atom is -0.378 e. The number of hydrogen-bond acceptors (Lipinski definition) is 5. The van der Waals surface area contributed by atoms with E-state index >= 15 is 0 Å². The number of aryl methyl sites for hydroxylation is 1. The Hall–Kier alpha value is -3.75. The van der Waals surface area contributed by atoms with Crippen LogP contribution in [0.5, 0.6) is 0 Å². The molecular weight excluding hydrogens is 465 g/mol. The van der Waals surface area contributed by atoms with Crippen molar-refractivity contribution in [1.82, 2.24) is 14.8 Å². The summed E-state index contributed by atoms with van der Waals surface area (Å²) in [5.74, 6) is 0. The summed E-state index contributed by atoms with van der Waals surface area (Å²) in [5, 5.41) is 8.66. The number of anilines is 3. The first kappa shape index (κ1) is 24.0. The third kappa shape index (κ3) is 4.69. The molecule has 1 fully saturated rings. The number of hydrogen-bond donors (Lipinski definition) is 1. The Balaban J connectivity index is 1.37. The molecule has 0 amide bonds. The highest BCUT2D eigenvalue weighted by atomic mass is 19.4. The molecule has 2 aromatic heterocycles. The first-order chi connectivity index (χ1) is 17.2. The second-order valence-electron chi connectivity index (χ2n) is 9.29. The SMILES string of the molecule is Cc1c([C@@H](C)Nc2ccnc3ccc(N4CCN(c5cnn(C)c5)CC4)cc23)cccc1C(F)(F)F. The van der Waals surface area contributed by atoms with E-state index in [0.717, 1.165) is 60.2 Å². The second kappa shape index (κ2) is 9.37. The molecule has 6 nitrogen and oxygen atoms in total. The Morgan fingerprint density at radius 3 is 2.36 bits per heavy atom. The van der Waals surface area contributed by atoms with Gasteiger partial charge in [-0.1, -0.05) is 12.1 Å². The summed E-state index contributed by atoms with van der Waals surface area (Å²) in [4.78, 5) is 9.18. The minimum atomic E-state index is -4.38. The van der Waals surface area contributed by atoms with Gasteiger partial charge in [-0.15, -0.1) is 0 Å². The zero-order valence-corrected chi connectivity index (χ0v) is 20.5. The highest BCUT2D eigenvalue weighted by molar-refractivity contribution is 5.93. The summed E-state index contributed by atoms with van der Waals surface area (Å²) in [6, 6.07) is 12.1. The van der Waals surface area contributed by atoms with Gasteiger partial charge in [-0.25, -0.2) is 0 Å². The van der Waals surface area contributed by atoms with Gasteiger partial charge in [-0.05, 0) is 55.3 Å². The molecular formula is C27H29F3N6. The van der Waals surface area contributed by atoms with Crippen molar-refractivity contribution in [2.45, 2.75) is 26.1 Å². The van der Waals surface area contributed by atoms with Crippen LogP contribution < -0.4 is 15.1 Å². The number of pyridine rings is 1. The van der Waals surface area contributed by atoms with Gasteiger partial charge >= 0.3 is 6.18 Å². The molecule has 2 aromatic carbocycles. The van der Waals surface area contributed by atoms with Crippen LogP contribution in [0.2, 0.25) is 0 Å². The molecule has 3 heterocycles. The van der Waals surface area contributed by atoms with Crippen LogP contribution in [0.25, 0.3) is 10.9 Å². The molecule has 1 aliphatic heterocycles. The smallest absolute Gasteiger partial charge is 0.378 e. The van der Waals surface area contributed by atoms with Gasteiger partial charge in [0.1, 0.15) is 0 Å². The van der Waals surface area contributed by atoms with Gasteiger partial charge in [0.15, 0.2) is 0 Å². The molecule has 0 unspecified atom stereocenters. The van der Waals surface area contributed by atoms with Crippen LogP contribution in [-0.2, 0) is 13.2 Å². The molecule has 0 radical (unpaired) electrons. The molecule has 1 saturated heterocycles. The largest absolute Gasteiger partial charge is 0.416 e. The van der Waals surface area contributed by atoms with Crippen molar-refractivity contribution in [3.8, 4) is 0 Å². The van der Waals surface area contributed by atoms with Crippen molar-refractivity contribution in [2.75, 3.05) is 41.3 Å².